The van der Waals surface area contributed by atoms with E-state index in [9.17, 15) is 19.2 Å². The van der Waals surface area contributed by atoms with Gasteiger partial charge in [-0.05, 0) is 39.3 Å². The highest BCUT2D eigenvalue weighted by atomic mass is 16.6. The molecule has 2 aromatic rings. The van der Waals surface area contributed by atoms with E-state index >= 15 is 0 Å². The van der Waals surface area contributed by atoms with Gasteiger partial charge in [0, 0.05) is 58.8 Å². The minimum absolute atomic E-state index is 0.216. The van der Waals surface area contributed by atoms with Gasteiger partial charge in [0.25, 0.3) is 0 Å². The molecular weight excluding hydrogens is 464 g/mol. The number of piperidine rings is 1. The molecule has 3 aliphatic heterocycles. The van der Waals surface area contributed by atoms with Crippen LogP contribution in [0.25, 0.3) is 11.0 Å². The van der Waals surface area contributed by atoms with E-state index in [-0.39, 0.29) is 24.1 Å². The number of para-hydroxylation sites is 1. The van der Waals surface area contributed by atoms with Crippen LogP contribution in [0.15, 0.2) is 23.0 Å². The number of hydrogen-bond donors (Lipinski definition) is 1. The number of aromatic nitrogens is 2. The third-order valence-corrected chi connectivity index (χ3v) is 7.29. The summed E-state index contributed by atoms with van der Waals surface area (Å²) in [5, 5.41) is 2.36. The zero-order valence-corrected chi connectivity index (χ0v) is 21.3. The standard InChI is InChI=1S/C25H34N6O5/c1-25(2,3)36-24(35)30-14-16(15-30)28-10-12-29(13-11-28)17-6-5-7-18-21(17)27(4)23(34)31(18)19-8-9-20(32)26-22(19)33/h5-7,16,19H,8-15H2,1-4H3,(H,26,32,33). The number of piperazine rings is 1. The van der Waals surface area contributed by atoms with Crippen molar-refractivity contribution in [1.29, 1.82) is 0 Å². The van der Waals surface area contributed by atoms with E-state index in [0.717, 1.165) is 37.4 Å². The second kappa shape index (κ2) is 8.95. The fourth-order valence-electron chi connectivity index (χ4n) is 5.39. The molecule has 11 heteroatoms. The number of likely N-dealkylation sites (tertiary alicyclic amines) is 1. The number of carbonyl (C=O) groups is 3. The molecule has 0 saturated carbocycles. The van der Waals surface area contributed by atoms with Crippen LogP contribution >= 0.6 is 0 Å². The zero-order valence-electron chi connectivity index (χ0n) is 21.3. The van der Waals surface area contributed by atoms with Gasteiger partial charge < -0.3 is 14.5 Å². The molecular formula is C25H34N6O5. The van der Waals surface area contributed by atoms with Gasteiger partial charge in [-0.15, -0.1) is 0 Å². The first kappa shape index (κ1) is 24.4. The molecule has 0 aliphatic carbocycles. The van der Waals surface area contributed by atoms with Crippen molar-refractivity contribution >= 4 is 34.6 Å². The molecule has 36 heavy (non-hydrogen) atoms. The summed E-state index contributed by atoms with van der Waals surface area (Å²) in [6.45, 7) is 10.3. The molecule has 3 saturated heterocycles. The van der Waals surface area contributed by atoms with Gasteiger partial charge in [-0.1, -0.05) is 6.07 Å². The number of benzene rings is 1. The summed E-state index contributed by atoms with van der Waals surface area (Å²) in [7, 11) is 1.73. The molecule has 3 fully saturated rings. The molecule has 11 nitrogen and oxygen atoms in total. The highest BCUT2D eigenvalue weighted by molar-refractivity contribution is 6.00. The Morgan fingerprint density at radius 3 is 2.39 bits per heavy atom. The number of anilines is 1. The fourth-order valence-corrected chi connectivity index (χ4v) is 5.39. The van der Waals surface area contributed by atoms with Crippen molar-refractivity contribution in [3.05, 3.63) is 28.7 Å². The lowest BCUT2D eigenvalue weighted by molar-refractivity contribution is -0.135. The summed E-state index contributed by atoms with van der Waals surface area (Å²) < 4.78 is 8.59. The van der Waals surface area contributed by atoms with Gasteiger partial charge in [0.1, 0.15) is 11.6 Å². The van der Waals surface area contributed by atoms with Crippen molar-refractivity contribution in [2.24, 2.45) is 7.05 Å². The molecule has 5 rings (SSSR count). The molecule has 1 unspecified atom stereocenters. The lowest BCUT2D eigenvalue weighted by Gasteiger charge is -2.48. The summed E-state index contributed by atoms with van der Waals surface area (Å²) in [5.74, 6) is -0.732. The van der Waals surface area contributed by atoms with E-state index < -0.39 is 17.6 Å². The molecule has 1 atom stereocenters. The Kier molecular flexibility index (Phi) is 6.06. The van der Waals surface area contributed by atoms with Gasteiger partial charge in [0.2, 0.25) is 11.8 Å². The van der Waals surface area contributed by atoms with Gasteiger partial charge in [0.15, 0.2) is 0 Å². The quantitative estimate of drug-likeness (QED) is 0.631. The van der Waals surface area contributed by atoms with Crippen LogP contribution in [0.1, 0.15) is 39.7 Å². The highest BCUT2D eigenvalue weighted by Crippen LogP contribution is 2.31. The maximum absolute atomic E-state index is 13.2. The minimum Gasteiger partial charge on any atom is -0.444 e. The molecule has 1 N–H and O–H groups in total. The van der Waals surface area contributed by atoms with Crippen molar-refractivity contribution in [2.45, 2.75) is 51.3 Å². The molecule has 3 amide bonds. The van der Waals surface area contributed by atoms with Gasteiger partial charge in [-0.25, -0.2) is 9.59 Å². The fraction of sp³-hybridized carbons (Fsp3) is 0.600. The number of imide groups is 1. The number of amides is 3. The van der Waals surface area contributed by atoms with E-state index in [1.54, 1.807) is 16.5 Å². The van der Waals surface area contributed by atoms with Crippen molar-refractivity contribution in [1.82, 2.24) is 24.3 Å². The topological polar surface area (TPSA) is 109 Å². The zero-order chi connectivity index (χ0) is 25.8. The molecule has 0 spiro atoms. The van der Waals surface area contributed by atoms with Crippen LogP contribution in [0.5, 0.6) is 0 Å². The summed E-state index contributed by atoms with van der Waals surface area (Å²) in [5.41, 5.74) is 1.69. The van der Waals surface area contributed by atoms with Gasteiger partial charge in [-0.2, -0.15) is 0 Å². The number of fused-ring (bicyclic) bond motifs is 1. The van der Waals surface area contributed by atoms with Crippen LogP contribution in [0, 0.1) is 0 Å². The molecule has 4 heterocycles. The second-order valence-electron chi connectivity index (χ2n) is 10.9. The predicted octanol–water partition coefficient (Wildman–Crippen LogP) is 1.06. The molecule has 3 aliphatic rings. The van der Waals surface area contributed by atoms with E-state index in [4.69, 9.17) is 4.74 Å². The van der Waals surface area contributed by atoms with E-state index in [1.807, 2.05) is 39.0 Å². The van der Waals surface area contributed by atoms with Crippen LogP contribution in [0.3, 0.4) is 0 Å². The largest absolute Gasteiger partial charge is 0.444 e. The number of nitrogens with zero attached hydrogens (tertiary/aromatic N) is 5. The van der Waals surface area contributed by atoms with Crippen LogP contribution < -0.4 is 15.9 Å². The number of carbonyl (C=O) groups excluding carboxylic acids is 3. The SMILES string of the molecule is Cn1c(=O)n(C2CCC(=O)NC2=O)c2cccc(N3CCN(C4CN(C(=O)OC(C)(C)C)C4)CC3)c21. The summed E-state index contributed by atoms with van der Waals surface area (Å²) in [6, 6.07) is 5.42. The van der Waals surface area contributed by atoms with Crippen molar-refractivity contribution in [3.8, 4) is 0 Å². The number of ether oxygens (including phenoxy) is 1. The monoisotopic (exact) mass is 498 g/mol. The van der Waals surface area contributed by atoms with Crippen LogP contribution in [-0.2, 0) is 21.4 Å². The first-order chi connectivity index (χ1) is 17.0. The molecule has 194 valence electrons. The Labute approximate surface area is 209 Å². The third kappa shape index (κ3) is 4.36. The molecule has 1 aromatic heterocycles. The van der Waals surface area contributed by atoms with E-state index in [2.05, 4.69) is 15.1 Å². The number of imidazole rings is 1. The maximum atomic E-state index is 13.2. The van der Waals surface area contributed by atoms with Crippen LogP contribution in [0.2, 0.25) is 0 Å². The maximum Gasteiger partial charge on any atom is 0.410 e. The number of hydrogen-bond acceptors (Lipinski definition) is 7. The predicted molar refractivity (Wildman–Crippen MR) is 134 cm³/mol. The van der Waals surface area contributed by atoms with Crippen molar-refractivity contribution < 1.29 is 19.1 Å². The Bertz CT molecular complexity index is 1260. The normalized spacial score (nSPS) is 22.1. The Hall–Kier alpha value is -3.34. The lowest BCUT2D eigenvalue weighted by atomic mass is 10.1. The molecule has 1 aromatic carbocycles. The number of nitrogens with one attached hydrogen (secondary N) is 1. The number of aryl methyl sites for hydroxylation is 1. The highest BCUT2D eigenvalue weighted by Gasteiger charge is 2.38. The summed E-state index contributed by atoms with van der Waals surface area (Å²) in [6.07, 6.45) is 0.271. The van der Waals surface area contributed by atoms with Crippen molar-refractivity contribution in [3.63, 3.8) is 0 Å². The van der Waals surface area contributed by atoms with Gasteiger partial charge in [-0.3, -0.25) is 28.9 Å². The summed E-state index contributed by atoms with van der Waals surface area (Å²) >= 11 is 0. The summed E-state index contributed by atoms with van der Waals surface area (Å²) in [4.78, 5) is 56.0. The Morgan fingerprint density at radius 2 is 1.75 bits per heavy atom. The van der Waals surface area contributed by atoms with Gasteiger partial charge >= 0.3 is 11.8 Å². The molecule has 0 bridgehead atoms. The average molecular weight is 499 g/mol. The molecule has 0 radical (unpaired) electrons. The first-order valence-electron chi connectivity index (χ1n) is 12.5. The Balaban J connectivity index is 1.29. The Morgan fingerprint density at radius 1 is 1.06 bits per heavy atom. The smallest absolute Gasteiger partial charge is 0.410 e. The van der Waals surface area contributed by atoms with E-state index in [0.29, 0.717) is 31.1 Å². The first-order valence-corrected chi connectivity index (χ1v) is 12.5. The van der Waals surface area contributed by atoms with Crippen LogP contribution in [-0.4, -0.2) is 87.8 Å². The second-order valence-corrected chi connectivity index (χ2v) is 10.9. The minimum atomic E-state index is -0.697. The van der Waals surface area contributed by atoms with Gasteiger partial charge in [0.05, 0.1) is 16.7 Å². The third-order valence-electron chi connectivity index (χ3n) is 7.29. The average Bonchev–Trinajstić information content (AvgIpc) is 3.03. The van der Waals surface area contributed by atoms with Crippen molar-refractivity contribution in [2.75, 3.05) is 44.2 Å². The van der Waals surface area contributed by atoms with Crippen LogP contribution in [0.4, 0.5) is 10.5 Å². The lowest BCUT2D eigenvalue weighted by Crippen LogP contribution is -2.64. The van der Waals surface area contributed by atoms with E-state index in [1.165, 1.54) is 4.57 Å². The number of rotatable bonds is 3.